The zero-order valence-electron chi connectivity index (χ0n) is 15.5. The fraction of sp³-hybridized carbons (Fsp3) is 0.368. The van der Waals surface area contributed by atoms with Crippen molar-refractivity contribution in [3.63, 3.8) is 0 Å². The highest BCUT2D eigenvalue weighted by molar-refractivity contribution is 7.98. The Morgan fingerprint density at radius 3 is 2.86 bits per heavy atom. The van der Waals surface area contributed by atoms with Crippen LogP contribution >= 0.6 is 46.8 Å². The van der Waals surface area contributed by atoms with Crippen LogP contribution in [-0.4, -0.2) is 61.4 Å². The van der Waals surface area contributed by atoms with Crippen LogP contribution in [0.1, 0.15) is 9.67 Å². The van der Waals surface area contributed by atoms with Crippen LogP contribution < -0.4 is 4.90 Å². The summed E-state index contributed by atoms with van der Waals surface area (Å²) >= 11 is 4.78. The van der Waals surface area contributed by atoms with Crippen molar-refractivity contribution < 1.29 is 9.53 Å². The van der Waals surface area contributed by atoms with Gasteiger partial charge in [-0.05, 0) is 35.9 Å². The first-order valence-corrected chi connectivity index (χ1v) is 11.8. The highest BCUT2D eigenvalue weighted by atomic mass is 35.5. The first-order chi connectivity index (χ1) is 13.2. The van der Waals surface area contributed by atoms with Crippen molar-refractivity contribution >= 4 is 68.1 Å². The van der Waals surface area contributed by atoms with Crippen molar-refractivity contribution in [3.8, 4) is 0 Å². The molecule has 0 atom stereocenters. The van der Waals surface area contributed by atoms with E-state index in [9.17, 15) is 4.79 Å². The molecule has 0 unspecified atom stereocenters. The number of morpholine rings is 1. The van der Waals surface area contributed by atoms with Gasteiger partial charge in [0.15, 0.2) is 5.13 Å². The molecule has 0 aliphatic carbocycles. The molecule has 0 N–H and O–H groups in total. The number of thiophene rings is 1. The van der Waals surface area contributed by atoms with Gasteiger partial charge in [0.1, 0.15) is 0 Å². The molecule has 1 aliphatic rings. The number of aromatic nitrogens is 1. The van der Waals surface area contributed by atoms with E-state index in [1.165, 1.54) is 16.2 Å². The molecule has 3 heterocycles. The summed E-state index contributed by atoms with van der Waals surface area (Å²) in [5, 5.41) is 2.71. The van der Waals surface area contributed by atoms with Crippen LogP contribution in [0.15, 0.2) is 40.6 Å². The molecule has 3 aromatic rings. The molecule has 0 saturated carbocycles. The molecule has 5 nitrogen and oxygen atoms in total. The lowest BCUT2D eigenvalue weighted by Gasteiger charge is -2.29. The van der Waals surface area contributed by atoms with E-state index < -0.39 is 0 Å². The monoisotopic (exact) mass is 455 g/mol. The van der Waals surface area contributed by atoms with Crippen LogP contribution in [0.3, 0.4) is 0 Å². The topological polar surface area (TPSA) is 45.7 Å². The second-order valence-electron chi connectivity index (χ2n) is 6.22. The van der Waals surface area contributed by atoms with E-state index in [0.29, 0.717) is 6.54 Å². The third kappa shape index (κ3) is 4.87. The molecule has 1 aliphatic heterocycles. The third-order valence-electron chi connectivity index (χ3n) is 4.54. The number of ether oxygens (including phenoxy) is 1. The maximum Gasteiger partial charge on any atom is 0.270 e. The van der Waals surface area contributed by atoms with Crippen molar-refractivity contribution in [2.45, 2.75) is 4.90 Å². The summed E-state index contributed by atoms with van der Waals surface area (Å²) in [5.41, 5.74) is 0.947. The molecule has 0 spiro atoms. The summed E-state index contributed by atoms with van der Waals surface area (Å²) in [6.07, 6.45) is 2.07. The number of benzene rings is 1. The molecule has 1 fully saturated rings. The van der Waals surface area contributed by atoms with Crippen LogP contribution in [-0.2, 0) is 4.74 Å². The van der Waals surface area contributed by atoms with E-state index in [-0.39, 0.29) is 18.3 Å². The molecule has 1 aromatic carbocycles. The minimum Gasteiger partial charge on any atom is -0.379 e. The molecule has 0 radical (unpaired) electrons. The molecule has 2 aromatic heterocycles. The average Bonchev–Trinajstić information content (AvgIpc) is 3.38. The number of hydrogen-bond donors (Lipinski definition) is 0. The number of halogens is 1. The van der Waals surface area contributed by atoms with Gasteiger partial charge in [-0.15, -0.1) is 35.5 Å². The van der Waals surface area contributed by atoms with Crippen LogP contribution in [0.4, 0.5) is 5.13 Å². The Kier molecular flexibility index (Phi) is 7.73. The normalized spacial score (nSPS) is 14.8. The Balaban J connectivity index is 0.00000225. The van der Waals surface area contributed by atoms with Gasteiger partial charge >= 0.3 is 0 Å². The summed E-state index contributed by atoms with van der Waals surface area (Å²) in [7, 11) is 0. The second kappa shape index (κ2) is 10.0. The predicted octanol–water partition coefficient (Wildman–Crippen LogP) is 4.48. The summed E-state index contributed by atoms with van der Waals surface area (Å²) < 4.78 is 6.54. The van der Waals surface area contributed by atoms with Gasteiger partial charge in [0.05, 0.1) is 28.3 Å². The molecule has 150 valence electrons. The van der Waals surface area contributed by atoms with Gasteiger partial charge in [-0.1, -0.05) is 17.4 Å². The molecule has 9 heteroatoms. The standard InChI is InChI=1S/C19H21N3O2S3.ClH/c1-25-14-4-5-15-17(13-14)27-19(20-15)22(18(23)16-3-2-12-26-16)7-6-21-8-10-24-11-9-21;/h2-5,12-13H,6-11H2,1H3;1H. The van der Waals surface area contributed by atoms with Gasteiger partial charge in [-0.3, -0.25) is 14.6 Å². The highest BCUT2D eigenvalue weighted by Gasteiger charge is 2.23. The lowest BCUT2D eigenvalue weighted by atomic mass is 10.3. The second-order valence-corrected chi connectivity index (χ2v) is 9.05. The largest absolute Gasteiger partial charge is 0.379 e. The van der Waals surface area contributed by atoms with Gasteiger partial charge in [-0.25, -0.2) is 4.98 Å². The van der Waals surface area contributed by atoms with Crippen LogP contribution in [0, 0.1) is 0 Å². The molecule has 1 saturated heterocycles. The van der Waals surface area contributed by atoms with Crippen molar-refractivity contribution in [3.05, 3.63) is 40.6 Å². The highest BCUT2D eigenvalue weighted by Crippen LogP contribution is 2.32. The van der Waals surface area contributed by atoms with Gasteiger partial charge in [0, 0.05) is 31.1 Å². The Bertz CT molecular complexity index is 910. The SMILES string of the molecule is CSc1ccc2nc(N(CCN3CCOCC3)C(=O)c3cccs3)sc2c1.Cl. The van der Waals surface area contributed by atoms with Crippen molar-refractivity contribution in [2.24, 2.45) is 0 Å². The average molecular weight is 456 g/mol. The van der Waals surface area contributed by atoms with Gasteiger partial charge in [0.2, 0.25) is 0 Å². The van der Waals surface area contributed by atoms with Crippen molar-refractivity contribution in [2.75, 3.05) is 50.5 Å². The minimum absolute atomic E-state index is 0. The minimum atomic E-state index is 0. The van der Waals surface area contributed by atoms with Crippen molar-refractivity contribution in [1.82, 2.24) is 9.88 Å². The van der Waals surface area contributed by atoms with Crippen LogP contribution in [0.2, 0.25) is 0 Å². The Labute approximate surface area is 183 Å². The summed E-state index contributed by atoms with van der Waals surface area (Å²) in [6.45, 7) is 4.81. The van der Waals surface area contributed by atoms with E-state index in [4.69, 9.17) is 9.72 Å². The number of carbonyl (C=O) groups is 1. The number of nitrogens with zero attached hydrogens (tertiary/aromatic N) is 3. The molecule has 1 amide bonds. The number of rotatable bonds is 6. The number of thioether (sulfide) groups is 1. The number of amides is 1. The van der Waals surface area contributed by atoms with E-state index >= 15 is 0 Å². The Hall–Kier alpha value is -1.16. The molecular weight excluding hydrogens is 434 g/mol. The lowest BCUT2D eigenvalue weighted by Crippen LogP contribution is -2.43. The quantitative estimate of drug-likeness (QED) is 0.513. The summed E-state index contributed by atoms with van der Waals surface area (Å²) in [6, 6.07) is 10.1. The Morgan fingerprint density at radius 1 is 1.32 bits per heavy atom. The number of carbonyl (C=O) groups excluding carboxylic acids is 1. The van der Waals surface area contributed by atoms with Crippen LogP contribution in [0.25, 0.3) is 10.2 Å². The smallest absolute Gasteiger partial charge is 0.270 e. The van der Waals surface area contributed by atoms with Crippen LogP contribution in [0.5, 0.6) is 0 Å². The fourth-order valence-electron chi connectivity index (χ4n) is 3.02. The first kappa shape index (κ1) is 21.5. The lowest BCUT2D eigenvalue weighted by molar-refractivity contribution is 0.0391. The van der Waals surface area contributed by atoms with Gasteiger partial charge in [-0.2, -0.15) is 0 Å². The zero-order chi connectivity index (χ0) is 18.6. The maximum absolute atomic E-state index is 13.1. The maximum atomic E-state index is 13.1. The predicted molar refractivity (Wildman–Crippen MR) is 122 cm³/mol. The molecule has 28 heavy (non-hydrogen) atoms. The number of hydrogen-bond acceptors (Lipinski definition) is 7. The van der Waals surface area contributed by atoms with E-state index in [2.05, 4.69) is 23.3 Å². The molecule has 4 rings (SSSR count). The zero-order valence-corrected chi connectivity index (χ0v) is 18.8. The Morgan fingerprint density at radius 2 is 2.14 bits per heavy atom. The fourth-order valence-corrected chi connectivity index (χ4v) is 5.23. The third-order valence-corrected chi connectivity index (χ3v) is 7.16. The van der Waals surface area contributed by atoms with E-state index in [1.54, 1.807) is 23.1 Å². The number of thiazole rings is 1. The van der Waals surface area contributed by atoms with Gasteiger partial charge in [0.25, 0.3) is 5.91 Å². The molecular formula is C19H22ClN3O2S3. The summed E-state index contributed by atoms with van der Waals surface area (Å²) in [4.78, 5) is 24.0. The van der Waals surface area contributed by atoms with E-state index in [1.807, 2.05) is 28.5 Å². The molecule has 0 bridgehead atoms. The summed E-state index contributed by atoms with van der Waals surface area (Å²) in [5.74, 6) is 0.0300. The number of fused-ring (bicyclic) bond motifs is 1. The van der Waals surface area contributed by atoms with E-state index in [0.717, 1.165) is 53.1 Å². The number of anilines is 1. The van der Waals surface area contributed by atoms with Gasteiger partial charge < -0.3 is 4.74 Å². The first-order valence-electron chi connectivity index (χ1n) is 8.84. The van der Waals surface area contributed by atoms with Crippen molar-refractivity contribution in [1.29, 1.82) is 0 Å².